The molecular formula is C10H19NO3. The van der Waals surface area contributed by atoms with Crippen molar-refractivity contribution in [3.63, 3.8) is 0 Å². The lowest BCUT2D eigenvalue weighted by Gasteiger charge is -2.20. The van der Waals surface area contributed by atoms with E-state index < -0.39 is 5.60 Å². The number of alkyl carbamates (subject to hydrolysis) is 1. The topological polar surface area (TPSA) is 50.9 Å². The quantitative estimate of drug-likeness (QED) is 0.707. The third-order valence-electron chi connectivity index (χ3n) is 2.15. The van der Waals surface area contributed by atoms with Crippen LogP contribution >= 0.6 is 0 Å². The smallest absolute Gasteiger partial charge is 0.407 e. The van der Waals surface area contributed by atoms with Gasteiger partial charge in [0.25, 0.3) is 0 Å². The van der Waals surface area contributed by atoms with Crippen LogP contribution in [0.2, 0.25) is 0 Å². The zero-order valence-electron chi connectivity index (χ0n) is 9.35. The third-order valence-corrected chi connectivity index (χ3v) is 2.15. The number of carbonyl (C=O) groups excluding carboxylic acids is 1. The lowest BCUT2D eigenvalue weighted by atomic mass is 10.1. The van der Waals surface area contributed by atoms with Crippen molar-refractivity contribution in [3.8, 4) is 0 Å². The van der Waals surface area contributed by atoms with Crippen molar-refractivity contribution < 1.29 is 14.3 Å². The Balaban J connectivity index is 2.22. The van der Waals surface area contributed by atoms with Crippen LogP contribution in [0.1, 0.15) is 34.1 Å². The molecular weight excluding hydrogens is 182 g/mol. The van der Waals surface area contributed by atoms with Crippen LogP contribution in [0, 0.1) is 0 Å². The summed E-state index contributed by atoms with van der Waals surface area (Å²) in [7, 11) is 0. The van der Waals surface area contributed by atoms with Gasteiger partial charge in [0.2, 0.25) is 0 Å². The number of epoxide rings is 1. The fourth-order valence-corrected chi connectivity index (χ4v) is 1.08. The fourth-order valence-electron chi connectivity index (χ4n) is 1.08. The molecule has 0 aromatic heterocycles. The summed E-state index contributed by atoms with van der Waals surface area (Å²) < 4.78 is 10.4. The maximum Gasteiger partial charge on any atom is 0.407 e. The summed E-state index contributed by atoms with van der Waals surface area (Å²) in [6.07, 6.45) is 0.545. The molecule has 82 valence electrons. The van der Waals surface area contributed by atoms with Crippen LogP contribution in [0.5, 0.6) is 0 Å². The number of rotatable bonds is 3. The summed E-state index contributed by atoms with van der Waals surface area (Å²) in [5.74, 6) is 0. The molecule has 0 spiro atoms. The first-order chi connectivity index (χ1) is 6.37. The van der Waals surface area contributed by atoms with Crippen molar-refractivity contribution in [1.82, 2.24) is 5.32 Å². The lowest BCUT2D eigenvalue weighted by molar-refractivity contribution is 0.0512. The number of hydrogen-bond donors (Lipinski definition) is 1. The van der Waals surface area contributed by atoms with Crippen molar-refractivity contribution in [3.05, 3.63) is 0 Å². The molecule has 0 saturated carbocycles. The van der Waals surface area contributed by atoms with Crippen molar-refractivity contribution in [1.29, 1.82) is 0 Å². The molecule has 0 bridgehead atoms. The minimum Gasteiger partial charge on any atom is -0.444 e. The first kappa shape index (κ1) is 11.3. The van der Waals surface area contributed by atoms with Gasteiger partial charge in [0.1, 0.15) is 11.2 Å². The lowest BCUT2D eigenvalue weighted by Crippen LogP contribution is -2.38. The monoisotopic (exact) mass is 201 g/mol. The second kappa shape index (κ2) is 3.77. The van der Waals surface area contributed by atoms with Crippen LogP contribution in [0.3, 0.4) is 0 Å². The van der Waals surface area contributed by atoms with E-state index in [0.717, 1.165) is 13.0 Å². The van der Waals surface area contributed by atoms with E-state index in [1.807, 2.05) is 27.7 Å². The molecule has 1 aliphatic heterocycles. The molecule has 14 heavy (non-hydrogen) atoms. The van der Waals surface area contributed by atoms with Crippen molar-refractivity contribution in [2.24, 2.45) is 0 Å². The van der Waals surface area contributed by atoms with Gasteiger partial charge in [0.05, 0.1) is 13.2 Å². The third kappa shape index (κ3) is 3.54. The molecule has 0 aromatic carbocycles. The fraction of sp³-hybridized carbons (Fsp3) is 0.900. The highest BCUT2D eigenvalue weighted by Gasteiger charge is 2.43. The molecule has 1 atom stereocenters. The summed E-state index contributed by atoms with van der Waals surface area (Å²) in [6, 6.07) is 0. The Kier molecular flexibility index (Phi) is 3.04. The molecule has 4 heteroatoms. The van der Waals surface area contributed by atoms with E-state index in [0.29, 0.717) is 6.54 Å². The molecule has 1 rings (SSSR count). The molecule has 1 unspecified atom stereocenters. The molecule has 1 amide bonds. The van der Waals surface area contributed by atoms with E-state index in [4.69, 9.17) is 9.47 Å². The SMILES string of the molecule is CCC1(CNC(=O)OC(C)(C)C)CO1. The van der Waals surface area contributed by atoms with Crippen LogP contribution in [0.15, 0.2) is 0 Å². The standard InChI is InChI=1S/C10H19NO3/c1-5-10(7-13-10)6-11-8(12)14-9(2,3)4/h5-7H2,1-4H3,(H,11,12). The first-order valence-corrected chi connectivity index (χ1v) is 4.98. The summed E-state index contributed by atoms with van der Waals surface area (Å²) in [5.41, 5.74) is -0.551. The number of hydrogen-bond acceptors (Lipinski definition) is 3. The summed E-state index contributed by atoms with van der Waals surface area (Å²) in [5, 5.41) is 2.71. The molecule has 1 saturated heterocycles. The molecule has 1 fully saturated rings. The van der Waals surface area contributed by atoms with E-state index in [-0.39, 0.29) is 11.7 Å². The van der Waals surface area contributed by atoms with Gasteiger partial charge >= 0.3 is 6.09 Å². The summed E-state index contributed by atoms with van der Waals surface area (Å²) in [4.78, 5) is 11.3. The molecule has 1 heterocycles. The van der Waals surface area contributed by atoms with Crippen molar-refractivity contribution in [2.45, 2.75) is 45.3 Å². The minimum absolute atomic E-state index is 0.114. The summed E-state index contributed by atoms with van der Waals surface area (Å²) >= 11 is 0. The molecule has 0 aromatic rings. The Morgan fingerprint density at radius 1 is 1.57 bits per heavy atom. The van der Waals surface area contributed by atoms with E-state index in [1.54, 1.807) is 0 Å². The highest BCUT2D eigenvalue weighted by molar-refractivity contribution is 5.67. The highest BCUT2D eigenvalue weighted by atomic mass is 16.6. The molecule has 0 radical (unpaired) electrons. The average Bonchev–Trinajstić information content (AvgIpc) is 2.78. The number of ether oxygens (including phenoxy) is 2. The van der Waals surface area contributed by atoms with E-state index in [1.165, 1.54) is 0 Å². The van der Waals surface area contributed by atoms with Gasteiger partial charge in [-0.3, -0.25) is 0 Å². The van der Waals surface area contributed by atoms with Gasteiger partial charge in [-0.15, -0.1) is 0 Å². The van der Waals surface area contributed by atoms with Gasteiger partial charge in [-0.05, 0) is 27.2 Å². The minimum atomic E-state index is -0.437. The number of nitrogens with one attached hydrogen (secondary N) is 1. The van der Waals surface area contributed by atoms with Gasteiger partial charge < -0.3 is 14.8 Å². The van der Waals surface area contributed by atoms with Gasteiger partial charge in [-0.1, -0.05) is 6.92 Å². The van der Waals surface area contributed by atoms with Gasteiger partial charge in [0, 0.05) is 0 Å². The van der Waals surface area contributed by atoms with E-state index in [2.05, 4.69) is 5.32 Å². The maximum absolute atomic E-state index is 11.3. The molecule has 4 nitrogen and oxygen atoms in total. The van der Waals surface area contributed by atoms with Gasteiger partial charge in [-0.2, -0.15) is 0 Å². The number of carbonyl (C=O) groups is 1. The first-order valence-electron chi connectivity index (χ1n) is 4.98. The Morgan fingerprint density at radius 3 is 2.50 bits per heavy atom. The van der Waals surface area contributed by atoms with Crippen LogP contribution < -0.4 is 5.32 Å². The van der Waals surface area contributed by atoms with Gasteiger partial charge in [-0.25, -0.2) is 4.79 Å². The zero-order valence-corrected chi connectivity index (χ0v) is 9.35. The van der Waals surface area contributed by atoms with Crippen molar-refractivity contribution in [2.75, 3.05) is 13.2 Å². The second-order valence-electron chi connectivity index (χ2n) is 4.68. The number of amides is 1. The zero-order chi connectivity index (χ0) is 10.8. The van der Waals surface area contributed by atoms with Crippen LogP contribution in [0.4, 0.5) is 4.79 Å². The Hall–Kier alpha value is -0.770. The van der Waals surface area contributed by atoms with Crippen molar-refractivity contribution >= 4 is 6.09 Å². The average molecular weight is 201 g/mol. The highest BCUT2D eigenvalue weighted by Crippen LogP contribution is 2.29. The maximum atomic E-state index is 11.3. The summed E-state index contributed by atoms with van der Waals surface area (Å²) in [6.45, 7) is 8.85. The van der Waals surface area contributed by atoms with E-state index >= 15 is 0 Å². The Bertz CT molecular complexity index is 216. The van der Waals surface area contributed by atoms with E-state index in [9.17, 15) is 4.79 Å². The molecule has 0 aliphatic carbocycles. The second-order valence-corrected chi connectivity index (χ2v) is 4.68. The Morgan fingerprint density at radius 2 is 2.14 bits per heavy atom. The predicted octanol–water partition coefficient (Wildman–Crippen LogP) is 1.69. The largest absolute Gasteiger partial charge is 0.444 e. The normalized spacial score (nSPS) is 25.7. The van der Waals surface area contributed by atoms with Crippen LogP contribution in [0.25, 0.3) is 0 Å². The van der Waals surface area contributed by atoms with Crippen LogP contribution in [-0.4, -0.2) is 30.4 Å². The van der Waals surface area contributed by atoms with Gasteiger partial charge in [0.15, 0.2) is 0 Å². The molecule has 1 aliphatic rings. The predicted molar refractivity (Wildman–Crippen MR) is 53.2 cm³/mol. The molecule has 1 N–H and O–H groups in total. The Labute approximate surface area is 85.0 Å². The van der Waals surface area contributed by atoms with Crippen LogP contribution in [-0.2, 0) is 9.47 Å².